The summed E-state index contributed by atoms with van der Waals surface area (Å²) in [4.78, 5) is 0. The van der Waals surface area contributed by atoms with Gasteiger partial charge < -0.3 is 10.1 Å². The lowest BCUT2D eigenvalue weighted by Gasteiger charge is -2.20. The van der Waals surface area contributed by atoms with E-state index < -0.39 is 0 Å². The molecule has 3 heteroatoms. The fraction of sp³-hybridized carbons (Fsp3) is 0.333. The number of rotatable bonds is 5. The minimum atomic E-state index is 0.139. The number of nitrogens with one attached hydrogen (secondary N) is 1. The van der Waals surface area contributed by atoms with Gasteiger partial charge in [-0.2, -0.15) is 0 Å². The Morgan fingerprint density at radius 2 is 1.48 bits per heavy atom. The van der Waals surface area contributed by atoms with Gasteiger partial charge in [-0.1, -0.05) is 24.3 Å². The molecule has 0 unspecified atom stereocenters. The zero-order valence-electron chi connectivity index (χ0n) is 12.8. The summed E-state index contributed by atoms with van der Waals surface area (Å²) in [6, 6.07) is 16.7. The van der Waals surface area contributed by atoms with Crippen molar-refractivity contribution in [2.45, 2.75) is 39.5 Å². The number of ether oxygens (including phenoxy) is 1. The highest BCUT2D eigenvalue weighted by Gasteiger charge is 2.08. The average Bonchev–Trinajstić information content (AvgIpc) is 2.45. The summed E-state index contributed by atoms with van der Waals surface area (Å²) in [5.74, 6) is 0.910. The lowest BCUT2D eigenvalue weighted by Crippen LogP contribution is -2.34. The van der Waals surface area contributed by atoms with Gasteiger partial charge in [-0.05, 0) is 78.8 Å². The molecule has 1 N–H and O–H groups in total. The van der Waals surface area contributed by atoms with Crippen molar-refractivity contribution in [2.24, 2.45) is 0 Å². The molecule has 2 aromatic rings. The highest BCUT2D eigenvalue weighted by Crippen LogP contribution is 2.15. The van der Waals surface area contributed by atoms with Crippen LogP contribution in [0.4, 0.5) is 0 Å². The van der Waals surface area contributed by atoms with Gasteiger partial charge in [-0.3, -0.25) is 0 Å². The van der Waals surface area contributed by atoms with Gasteiger partial charge in [-0.15, -0.1) is 0 Å². The molecule has 0 aromatic heterocycles. The van der Waals surface area contributed by atoms with Crippen LogP contribution < -0.4 is 10.1 Å². The van der Waals surface area contributed by atoms with Crippen LogP contribution in [0.25, 0.3) is 0 Å². The van der Waals surface area contributed by atoms with E-state index in [1.807, 2.05) is 12.1 Å². The Bertz CT molecular complexity index is 555. The Morgan fingerprint density at radius 3 is 2.05 bits per heavy atom. The molecule has 0 aliphatic carbocycles. The van der Waals surface area contributed by atoms with Crippen molar-refractivity contribution in [1.82, 2.24) is 5.32 Å². The molecule has 0 spiro atoms. The Kier molecular flexibility index (Phi) is 5.65. The van der Waals surface area contributed by atoms with Crippen LogP contribution in [0.3, 0.4) is 0 Å². The molecule has 0 atom stereocenters. The van der Waals surface area contributed by atoms with Crippen LogP contribution in [-0.4, -0.2) is 5.54 Å². The van der Waals surface area contributed by atoms with Crippen molar-refractivity contribution in [3.63, 3.8) is 0 Å². The molecule has 0 saturated heterocycles. The van der Waals surface area contributed by atoms with Gasteiger partial charge in [0.25, 0.3) is 0 Å². The van der Waals surface area contributed by atoms with Crippen LogP contribution in [0.15, 0.2) is 48.5 Å². The smallest absolute Gasteiger partial charge is 0.119 e. The second-order valence-corrected chi connectivity index (χ2v) is 7.41. The van der Waals surface area contributed by atoms with E-state index in [2.05, 4.69) is 85.1 Å². The van der Waals surface area contributed by atoms with Gasteiger partial charge in [0, 0.05) is 15.7 Å². The SMILES string of the molecule is CC(C)(C)NCc1ccc(OCc2ccc(I)cc2)cc1. The molecule has 2 aromatic carbocycles. The predicted octanol–water partition coefficient (Wildman–Crippen LogP) is 4.76. The van der Waals surface area contributed by atoms with E-state index in [-0.39, 0.29) is 5.54 Å². The molecule has 0 saturated carbocycles. The Balaban J connectivity index is 1.86. The number of hydrogen-bond donors (Lipinski definition) is 1. The highest BCUT2D eigenvalue weighted by molar-refractivity contribution is 14.1. The molecular formula is C18H22INO. The van der Waals surface area contributed by atoms with Crippen LogP contribution >= 0.6 is 22.6 Å². The van der Waals surface area contributed by atoms with Crippen LogP contribution in [0.1, 0.15) is 31.9 Å². The minimum absolute atomic E-state index is 0.139. The normalized spacial score (nSPS) is 11.4. The third kappa shape index (κ3) is 6.06. The van der Waals surface area contributed by atoms with Crippen molar-refractivity contribution >= 4 is 22.6 Å². The van der Waals surface area contributed by atoms with E-state index in [4.69, 9.17) is 4.74 Å². The zero-order valence-corrected chi connectivity index (χ0v) is 15.0. The third-order valence-electron chi connectivity index (χ3n) is 3.06. The van der Waals surface area contributed by atoms with Crippen LogP contribution in [-0.2, 0) is 13.2 Å². The molecule has 0 aliphatic rings. The van der Waals surface area contributed by atoms with E-state index in [0.717, 1.165) is 12.3 Å². The summed E-state index contributed by atoms with van der Waals surface area (Å²) in [5.41, 5.74) is 2.60. The van der Waals surface area contributed by atoms with Crippen molar-refractivity contribution in [1.29, 1.82) is 0 Å². The standard InChI is InChI=1S/C18H22INO/c1-18(2,3)20-12-14-6-10-17(11-7-14)21-13-15-4-8-16(19)9-5-15/h4-11,20H,12-13H2,1-3H3. The van der Waals surface area contributed by atoms with Crippen LogP contribution in [0, 0.1) is 3.57 Å². The molecule has 0 radical (unpaired) electrons. The Labute approximate surface area is 141 Å². The number of hydrogen-bond acceptors (Lipinski definition) is 2. The Hall–Kier alpha value is -1.07. The van der Waals surface area contributed by atoms with Crippen LogP contribution in [0.5, 0.6) is 5.75 Å². The maximum atomic E-state index is 5.81. The van der Waals surface area contributed by atoms with Crippen LogP contribution in [0.2, 0.25) is 0 Å². The topological polar surface area (TPSA) is 21.3 Å². The molecule has 2 rings (SSSR count). The van der Waals surface area contributed by atoms with Gasteiger partial charge in [0.1, 0.15) is 12.4 Å². The number of halogens is 1. The molecule has 21 heavy (non-hydrogen) atoms. The molecule has 0 aliphatic heterocycles. The average molecular weight is 395 g/mol. The number of benzene rings is 2. The highest BCUT2D eigenvalue weighted by atomic mass is 127. The summed E-state index contributed by atoms with van der Waals surface area (Å²) < 4.78 is 7.05. The fourth-order valence-electron chi connectivity index (χ4n) is 1.82. The Morgan fingerprint density at radius 1 is 0.905 bits per heavy atom. The zero-order chi connectivity index (χ0) is 15.3. The summed E-state index contributed by atoms with van der Waals surface area (Å²) in [6.07, 6.45) is 0. The maximum Gasteiger partial charge on any atom is 0.119 e. The van der Waals surface area contributed by atoms with E-state index in [9.17, 15) is 0 Å². The van der Waals surface area contributed by atoms with Gasteiger partial charge in [-0.25, -0.2) is 0 Å². The minimum Gasteiger partial charge on any atom is -0.489 e. The first kappa shape index (κ1) is 16.3. The molecule has 2 nitrogen and oxygen atoms in total. The second kappa shape index (κ2) is 7.27. The largest absolute Gasteiger partial charge is 0.489 e. The van der Waals surface area contributed by atoms with Gasteiger partial charge in [0.15, 0.2) is 0 Å². The first-order valence-electron chi connectivity index (χ1n) is 7.14. The van der Waals surface area contributed by atoms with E-state index in [1.54, 1.807) is 0 Å². The van der Waals surface area contributed by atoms with Gasteiger partial charge in [0.05, 0.1) is 0 Å². The molecule has 0 amide bonds. The molecule has 0 heterocycles. The van der Waals surface area contributed by atoms with Gasteiger partial charge >= 0.3 is 0 Å². The first-order chi connectivity index (χ1) is 9.92. The third-order valence-corrected chi connectivity index (χ3v) is 3.78. The molecule has 0 fully saturated rings. The summed E-state index contributed by atoms with van der Waals surface area (Å²) in [5, 5.41) is 3.48. The predicted molar refractivity (Wildman–Crippen MR) is 96.5 cm³/mol. The summed E-state index contributed by atoms with van der Waals surface area (Å²) in [6.45, 7) is 8.00. The lowest BCUT2D eigenvalue weighted by molar-refractivity contribution is 0.306. The summed E-state index contributed by atoms with van der Waals surface area (Å²) in [7, 11) is 0. The van der Waals surface area contributed by atoms with Crippen molar-refractivity contribution < 1.29 is 4.74 Å². The first-order valence-corrected chi connectivity index (χ1v) is 8.21. The van der Waals surface area contributed by atoms with Gasteiger partial charge in [0.2, 0.25) is 0 Å². The quantitative estimate of drug-likeness (QED) is 0.738. The molecular weight excluding hydrogens is 373 g/mol. The van der Waals surface area contributed by atoms with E-state index in [1.165, 1.54) is 14.7 Å². The molecule has 112 valence electrons. The lowest BCUT2D eigenvalue weighted by atomic mass is 10.1. The summed E-state index contributed by atoms with van der Waals surface area (Å²) >= 11 is 2.31. The molecule has 0 bridgehead atoms. The maximum absolute atomic E-state index is 5.81. The van der Waals surface area contributed by atoms with Crippen molar-refractivity contribution in [2.75, 3.05) is 0 Å². The van der Waals surface area contributed by atoms with E-state index in [0.29, 0.717) is 6.61 Å². The van der Waals surface area contributed by atoms with Crippen molar-refractivity contribution in [3.8, 4) is 5.75 Å². The monoisotopic (exact) mass is 395 g/mol. The second-order valence-electron chi connectivity index (χ2n) is 6.16. The van der Waals surface area contributed by atoms with E-state index >= 15 is 0 Å². The fourth-order valence-corrected chi connectivity index (χ4v) is 2.18. The van der Waals surface area contributed by atoms with Crippen molar-refractivity contribution in [3.05, 3.63) is 63.2 Å².